The van der Waals surface area contributed by atoms with E-state index in [9.17, 15) is 4.39 Å². The molecule has 0 amide bonds. The molecule has 0 aliphatic rings. The van der Waals surface area contributed by atoms with Gasteiger partial charge in [-0.25, -0.2) is 4.39 Å². The van der Waals surface area contributed by atoms with E-state index in [1.165, 1.54) is 6.07 Å². The second kappa shape index (κ2) is 5.65. The molecule has 1 heterocycles. The Morgan fingerprint density at radius 1 is 1.19 bits per heavy atom. The van der Waals surface area contributed by atoms with E-state index in [-0.39, 0.29) is 12.2 Å². The molecular formula is C15H11BrFN3O. The fraction of sp³-hybridized carbons (Fsp3) is 0.0667. The molecule has 3 rings (SSSR count). The van der Waals surface area contributed by atoms with Crippen molar-refractivity contribution < 1.29 is 8.91 Å². The van der Waals surface area contributed by atoms with E-state index in [0.29, 0.717) is 28.5 Å². The van der Waals surface area contributed by atoms with Crippen LogP contribution in [0, 0.1) is 5.82 Å². The van der Waals surface area contributed by atoms with Gasteiger partial charge in [-0.05, 0) is 29.8 Å². The topological polar surface area (TPSA) is 64.9 Å². The van der Waals surface area contributed by atoms with Gasteiger partial charge in [-0.3, -0.25) is 0 Å². The summed E-state index contributed by atoms with van der Waals surface area (Å²) < 4.78 is 19.6. The van der Waals surface area contributed by atoms with E-state index >= 15 is 0 Å². The minimum absolute atomic E-state index is 0.277. The molecule has 0 spiro atoms. The lowest BCUT2D eigenvalue weighted by molar-refractivity contribution is 0.423. The van der Waals surface area contributed by atoms with Crippen LogP contribution >= 0.6 is 15.9 Å². The molecule has 2 aromatic carbocycles. The number of rotatable bonds is 3. The molecule has 0 bridgehead atoms. The number of hydrogen-bond acceptors (Lipinski definition) is 4. The normalized spacial score (nSPS) is 10.8. The number of benzene rings is 2. The number of nitrogens with zero attached hydrogens (tertiary/aromatic N) is 2. The Labute approximate surface area is 128 Å². The Bertz CT molecular complexity index is 768. The minimum atomic E-state index is -0.282. The molecule has 6 heteroatoms. The van der Waals surface area contributed by atoms with Crippen molar-refractivity contribution in [2.24, 2.45) is 0 Å². The molecule has 0 aliphatic heterocycles. The third-order valence-electron chi connectivity index (χ3n) is 2.94. The van der Waals surface area contributed by atoms with Crippen LogP contribution < -0.4 is 5.73 Å². The van der Waals surface area contributed by atoms with Gasteiger partial charge in [0.05, 0.1) is 0 Å². The summed E-state index contributed by atoms with van der Waals surface area (Å²) >= 11 is 3.36. The second-order valence-corrected chi connectivity index (χ2v) is 5.47. The van der Waals surface area contributed by atoms with Crippen molar-refractivity contribution >= 4 is 21.6 Å². The first-order valence-electron chi connectivity index (χ1n) is 6.24. The van der Waals surface area contributed by atoms with Crippen LogP contribution in [-0.2, 0) is 6.42 Å². The third-order valence-corrected chi connectivity index (χ3v) is 3.40. The lowest BCUT2D eigenvalue weighted by Crippen LogP contribution is -1.94. The molecule has 0 saturated carbocycles. The van der Waals surface area contributed by atoms with Crippen LogP contribution in [0.1, 0.15) is 11.4 Å². The highest BCUT2D eigenvalue weighted by atomic mass is 79.9. The molecule has 0 saturated heterocycles. The quantitative estimate of drug-likeness (QED) is 0.731. The monoisotopic (exact) mass is 347 g/mol. The fourth-order valence-corrected chi connectivity index (χ4v) is 2.50. The van der Waals surface area contributed by atoms with Gasteiger partial charge < -0.3 is 10.3 Å². The molecule has 21 heavy (non-hydrogen) atoms. The zero-order valence-electron chi connectivity index (χ0n) is 10.9. The number of aromatic nitrogens is 2. The van der Waals surface area contributed by atoms with Gasteiger partial charge in [0.1, 0.15) is 5.82 Å². The molecule has 0 radical (unpaired) electrons. The van der Waals surface area contributed by atoms with Gasteiger partial charge in [-0.1, -0.05) is 39.3 Å². The van der Waals surface area contributed by atoms with Gasteiger partial charge in [-0.15, -0.1) is 0 Å². The molecule has 1 aromatic heterocycles. The SMILES string of the molecule is Nc1cc(Br)cc(-c2nc(Cc3ccccc3F)no2)c1. The molecule has 106 valence electrons. The minimum Gasteiger partial charge on any atom is -0.399 e. The smallest absolute Gasteiger partial charge is 0.258 e. The molecule has 2 N–H and O–H groups in total. The van der Waals surface area contributed by atoms with Gasteiger partial charge >= 0.3 is 0 Å². The Hall–Kier alpha value is -2.21. The lowest BCUT2D eigenvalue weighted by Gasteiger charge is -1.99. The highest BCUT2D eigenvalue weighted by Crippen LogP contribution is 2.25. The first kappa shape index (κ1) is 13.8. The van der Waals surface area contributed by atoms with Crippen molar-refractivity contribution in [3.8, 4) is 11.5 Å². The first-order valence-corrected chi connectivity index (χ1v) is 7.03. The van der Waals surface area contributed by atoms with E-state index in [2.05, 4.69) is 26.1 Å². The number of anilines is 1. The van der Waals surface area contributed by atoms with Crippen LogP contribution in [0.5, 0.6) is 0 Å². The van der Waals surface area contributed by atoms with Crippen molar-refractivity contribution in [3.63, 3.8) is 0 Å². The number of nitrogen functional groups attached to an aromatic ring is 1. The predicted molar refractivity (Wildman–Crippen MR) is 81.1 cm³/mol. The maximum atomic E-state index is 13.6. The molecular weight excluding hydrogens is 337 g/mol. The third kappa shape index (κ3) is 3.11. The number of hydrogen-bond donors (Lipinski definition) is 1. The van der Waals surface area contributed by atoms with E-state index in [1.54, 1.807) is 30.3 Å². The molecule has 0 unspecified atom stereocenters. The highest BCUT2D eigenvalue weighted by Gasteiger charge is 2.12. The van der Waals surface area contributed by atoms with Crippen molar-refractivity contribution in [1.29, 1.82) is 0 Å². The average molecular weight is 348 g/mol. The van der Waals surface area contributed by atoms with Crippen LogP contribution in [0.3, 0.4) is 0 Å². The molecule has 3 aromatic rings. The number of nitrogens with two attached hydrogens (primary N) is 1. The molecule has 4 nitrogen and oxygen atoms in total. The van der Waals surface area contributed by atoms with Gasteiger partial charge in [0.2, 0.25) is 0 Å². The van der Waals surface area contributed by atoms with Crippen molar-refractivity contribution in [3.05, 3.63) is 64.1 Å². The van der Waals surface area contributed by atoms with Crippen LogP contribution in [0.25, 0.3) is 11.5 Å². The van der Waals surface area contributed by atoms with Crippen molar-refractivity contribution in [2.75, 3.05) is 5.73 Å². The Morgan fingerprint density at radius 3 is 2.76 bits per heavy atom. The van der Waals surface area contributed by atoms with Crippen molar-refractivity contribution in [1.82, 2.24) is 10.1 Å². The lowest BCUT2D eigenvalue weighted by atomic mass is 10.1. The maximum Gasteiger partial charge on any atom is 0.258 e. The van der Waals surface area contributed by atoms with Gasteiger partial charge in [0, 0.05) is 22.1 Å². The molecule has 0 fully saturated rings. The second-order valence-electron chi connectivity index (χ2n) is 4.56. The Kier molecular flexibility index (Phi) is 3.70. The van der Waals surface area contributed by atoms with Crippen molar-refractivity contribution in [2.45, 2.75) is 6.42 Å². The summed E-state index contributed by atoms with van der Waals surface area (Å²) in [6.45, 7) is 0. The summed E-state index contributed by atoms with van der Waals surface area (Å²) in [5.41, 5.74) is 7.61. The zero-order chi connectivity index (χ0) is 14.8. The van der Waals surface area contributed by atoms with E-state index < -0.39 is 0 Å². The zero-order valence-corrected chi connectivity index (χ0v) is 12.5. The van der Waals surface area contributed by atoms with Crippen LogP contribution in [-0.4, -0.2) is 10.1 Å². The summed E-state index contributed by atoms with van der Waals surface area (Å²) in [5, 5.41) is 3.88. The van der Waals surface area contributed by atoms with Crippen LogP contribution in [0.15, 0.2) is 51.5 Å². The summed E-state index contributed by atoms with van der Waals surface area (Å²) in [7, 11) is 0. The fourth-order valence-electron chi connectivity index (χ4n) is 1.99. The summed E-state index contributed by atoms with van der Waals surface area (Å²) in [6, 6.07) is 11.9. The highest BCUT2D eigenvalue weighted by molar-refractivity contribution is 9.10. The maximum absolute atomic E-state index is 13.6. The summed E-state index contributed by atoms with van der Waals surface area (Å²) in [4.78, 5) is 4.28. The van der Waals surface area contributed by atoms with Crippen LogP contribution in [0.4, 0.5) is 10.1 Å². The Morgan fingerprint density at radius 2 is 2.00 bits per heavy atom. The predicted octanol–water partition coefficient (Wildman–Crippen LogP) is 3.81. The Balaban J connectivity index is 1.88. The van der Waals surface area contributed by atoms with E-state index in [0.717, 1.165) is 4.47 Å². The molecule has 0 atom stereocenters. The average Bonchev–Trinajstić information content (AvgIpc) is 2.89. The molecule has 0 aliphatic carbocycles. The van der Waals surface area contributed by atoms with Gasteiger partial charge in [-0.2, -0.15) is 4.98 Å². The first-order chi connectivity index (χ1) is 10.1. The summed E-state index contributed by atoms with van der Waals surface area (Å²) in [6.07, 6.45) is 0.277. The largest absolute Gasteiger partial charge is 0.399 e. The van der Waals surface area contributed by atoms with Gasteiger partial charge in [0.25, 0.3) is 5.89 Å². The van der Waals surface area contributed by atoms with E-state index in [1.807, 2.05) is 6.07 Å². The van der Waals surface area contributed by atoms with E-state index in [4.69, 9.17) is 10.3 Å². The summed E-state index contributed by atoms with van der Waals surface area (Å²) in [5.74, 6) is 0.499. The number of halogens is 2. The van der Waals surface area contributed by atoms with Gasteiger partial charge in [0.15, 0.2) is 5.82 Å². The van der Waals surface area contributed by atoms with Crippen LogP contribution in [0.2, 0.25) is 0 Å². The standard InChI is InChI=1S/C15H11BrFN3O/c16-11-5-10(6-12(18)8-11)15-19-14(20-21-15)7-9-3-1-2-4-13(9)17/h1-6,8H,7,18H2.